The van der Waals surface area contributed by atoms with Crippen LogP contribution in [0.3, 0.4) is 0 Å². The lowest BCUT2D eigenvalue weighted by molar-refractivity contribution is -0.121. The van der Waals surface area contributed by atoms with E-state index in [1.165, 1.54) is 13.0 Å². The number of hydrogen-bond acceptors (Lipinski definition) is 3. The zero-order valence-corrected chi connectivity index (χ0v) is 13.7. The Morgan fingerprint density at radius 1 is 1.40 bits per heavy atom. The molecule has 1 rings (SSSR count). The minimum atomic E-state index is 0.174. The van der Waals surface area contributed by atoms with E-state index in [-0.39, 0.29) is 11.3 Å². The zero-order valence-electron chi connectivity index (χ0n) is 13.7. The molecule has 3 N–H and O–H groups in total. The topological polar surface area (TPSA) is 58.4 Å². The van der Waals surface area contributed by atoms with Gasteiger partial charge in [0.1, 0.15) is 0 Å². The van der Waals surface area contributed by atoms with E-state index in [0.717, 1.165) is 25.9 Å². The minimum absolute atomic E-state index is 0.174. The second-order valence-corrected chi connectivity index (χ2v) is 7.25. The maximum absolute atomic E-state index is 11.9. The van der Waals surface area contributed by atoms with E-state index in [0.29, 0.717) is 24.9 Å². The van der Waals surface area contributed by atoms with Gasteiger partial charge in [-0.1, -0.05) is 13.8 Å². The molecule has 0 aromatic rings. The number of likely N-dealkylation sites (tertiary alicyclic amines) is 1. The fourth-order valence-corrected chi connectivity index (χ4v) is 2.81. The van der Waals surface area contributed by atoms with Crippen LogP contribution in [0.15, 0.2) is 0 Å². The first-order chi connectivity index (χ1) is 9.34. The molecule has 4 nitrogen and oxygen atoms in total. The summed E-state index contributed by atoms with van der Waals surface area (Å²) in [7, 11) is 0. The molecule has 1 aliphatic heterocycles. The normalized spacial score (nSPS) is 20.6. The van der Waals surface area contributed by atoms with Crippen molar-refractivity contribution in [3.63, 3.8) is 0 Å². The standard InChI is InChI=1S/C16H33N3O/c1-13(2)19-10-6-14(12-19)11-18-15(20)5-7-16(3,4)8-9-17/h13-14H,5-12,17H2,1-4H3,(H,18,20). The number of nitrogens with zero attached hydrogens (tertiary/aromatic N) is 1. The lowest BCUT2D eigenvalue weighted by Crippen LogP contribution is -2.33. The third kappa shape index (κ3) is 6.23. The van der Waals surface area contributed by atoms with E-state index in [2.05, 4.69) is 37.9 Å². The summed E-state index contributed by atoms with van der Waals surface area (Å²) in [6.07, 6.45) is 3.72. The molecule has 1 heterocycles. The first-order valence-corrected chi connectivity index (χ1v) is 8.05. The summed E-state index contributed by atoms with van der Waals surface area (Å²) in [5.41, 5.74) is 5.77. The van der Waals surface area contributed by atoms with Crippen LogP contribution in [0.25, 0.3) is 0 Å². The van der Waals surface area contributed by atoms with Crippen molar-refractivity contribution in [3.05, 3.63) is 0 Å². The highest BCUT2D eigenvalue weighted by atomic mass is 16.1. The minimum Gasteiger partial charge on any atom is -0.356 e. The van der Waals surface area contributed by atoms with Gasteiger partial charge in [-0.15, -0.1) is 0 Å². The van der Waals surface area contributed by atoms with Crippen LogP contribution in [0.4, 0.5) is 0 Å². The second-order valence-electron chi connectivity index (χ2n) is 7.25. The lowest BCUT2D eigenvalue weighted by atomic mass is 9.84. The number of carbonyl (C=O) groups excluding carboxylic acids is 1. The molecule has 4 heteroatoms. The Hall–Kier alpha value is -0.610. The molecular formula is C16H33N3O. The van der Waals surface area contributed by atoms with Crippen molar-refractivity contribution < 1.29 is 4.79 Å². The SMILES string of the molecule is CC(C)N1CCC(CNC(=O)CCC(C)(C)CCN)C1. The number of carbonyl (C=O) groups is 1. The van der Waals surface area contributed by atoms with Gasteiger partial charge in [0.25, 0.3) is 0 Å². The number of nitrogens with one attached hydrogen (secondary N) is 1. The predicted octanol–water partition coefficient (Wildman–Crippen LogP) is 1.99. The van der Waals surface area contributed by atoms with Crippen LogP contribution in [0, 0.1) is 11.3 Å². The fraction of sp³-hybridized carbons (Fsp3) is 0.938. The van der Waals surface area contributed by atoms with E-state index in [4.69, 9.17) is 5.73 Å². The summed E-state index contributed by atoms with van der Waals surface area (Å²) < 4.78 is 0. The van der Waals surface area contributed by atoms with Gasteiger partial charge < -0.3 is 16.0 Å². The van der Waals surface area contributed by atoms with E-state index in [1.807, 2.05) is 0 Å². The van der Waals surface area contributed by atoms with Gasteiger partial charge in [0.05, 0.1) is 0 Å². The molecule has 1 atom stereocenters. The molecule has 0 spiro atoms. The van der Waals surface area contributed by atoms with Gasteiger partial charge in [0.15, 0.2) is 0 Å². The quantitative estimate of drug-likeness (QED) is 0.716. The van der Waals surface area contributed by atoms with E-state index in [9.17, 15) is 4.79 Å². The van der Waals surface area contributed by atoms with E-state index >= 15 is 0 Å². The van der Waals surface area contributed by atoms with Crippen molar-refractivity contribution in [2.24, 2.45) is 17.1 Å². The molecule has 0 radical (unpaired) electrons. The third-order valence-electron chi connectivity index (χ3n) is 4.49. The average Bonchev–Trinajstić information content (AvgIpc) is 2.83. The number of amides is 1. The lowest BCUT2D eigenvalue weighted by Gasteiger charge is -2.23. The molecule has 20 heavy (non-hydrogen) atoms. The van der Waals surface area contributed by atoms with Gasteiger partial charge >= 0.3 is 0 Å². The molecule has 0 saturated carbocycles. The van der Waals surface area contributed by atoms with Crippen molar-refractivity contribution in [2.45, 2.75) is 59.4 Å². The van der Waals surface area contributed by atoms with Gasteiger partial charge in [-0.05, 0) is 57.5 Å². The molecule has 1 fully saturated rings. The van der Waals surface area contributed by atoms with E-state index < -0.39 is 0 Å². The molecule has 0 aromatic carbocycles. The smallest absolute Gasteiger partial charge is 0.220 e. The largest absolute Gasteiger partial charge is 0.356 e. The highest BCUT2D eigenvalue weighted by Gasteiger charge is 2.24. The Bertz CT molecular complexity index is 302. The second kappa shape index (κ2) is 7.99. The maximum Gasteiger partial charge on any atom is 0.220 e. The van der Waals surface area contributed by atoms with Crippen LogP contribution in [0.1, 0.15) is 53.4 Å². The van der Waals surface area contributed by atoms with Crippen LogP contribution >= 0.6 is 0 Å². The molecule has 1 amide bonds. The molecule has 0 aromatic heterocycles. The van der Waals surface area contributed by atoms with E-state index in [1.54, 1.807) is 0 Å². The van der Waals surface area contributed by atoms with Crippen LogP contribution in [-0.4, -0.2) is 43.0 Å². The summed E-state index contributed by atoms with van der Waals surface area (Å²) in [5, 5.41) is 3.10. The number of rotatable bonds is 8. The summed E-state index contributed by atoms with van der Waals surface area (Å²) in [5.74, 6) is 0.816. The van der Waals surface area contributed by atoms with Gasteiger partial charge in [0, 0.05) is 25.6 Å². The monoisotopic (exact) mass is 283 g/mol. The highest BCUT2D eigenvalue weighted by Crippen LogP contribution is 2.25. The first-order valence-electron chi connectivity index (χ1n) is 8.05. The Kier molecular flexibility index (Phi) is 6.96. The summed E-state index contributed by atoms with van der Waals surface area (Å²) in [6.45, 7) is 12.7. The summed E-state index contributed by atoms with van der Waals surface area (Å²) >= 11 is 0. The number of nitrogens with two attached hydrogens (primary N) is 1. The fourth-order valence-electron chi connectivity index (χ4n) is 2.81. The molecule has 0 bridgehead atoms. The van der Waals surface area contributed by atoms with Gasteiger partial charge in [-0.2, -0.15) is 0 Å². The molecule has 118 valence electrons. The van der Waals surface area contributed by atoms with Gasteiger partial charge in [0.2, 0.25) is 5.91 Å². The Morgan fingerprint density at radius 3 is 2.65 bits per heavy atom. The molecular weight excluding hydrogens is 250 g/mol. The van der Waals surface area contributed by atoms with Crippen molar-refractivity contribution in [1.29, 1.82) is 0 Å². The summed E-state index contributed by atoms with van der Waals surface area (Å²) in [4.78, 5) is 14.4. The van der Waals surface area contributed by atoms with Crippen molar-refractivity contribution in [2.75, 3.05) is 26.2 Å². The molecule has 1 saturated heterocycles. The van der Waals surface area contributed by atoms with Crippen LogP contribution in [0.5, 0.6) is 0 Å². The summed E-state index contributed by atoms with van der Waals surface area (Å²) in [6, 6.07) is 0.618. The molecule has 0 aliphatic carbocycles. The van der Waals surface area contributed by atoms with Crippen molar-refractivity contribution >= 4 is 5.91 Å². The van der Waals surface area contributed by atoms with Crippen LogP contribution in [0.2, 0.25) is 0 Å². The Balaban J connectivity index is 2.18. The van der Waals surface area contributed by atoms with Crippen molar-refractivity contribution in [3.8, 4) is 0 Å². The van der Waals surface area contributed by atoms with Gasteiger partial charge in [-0.25, -0.2) is 0 Å². The van der Waals surface area contributed by atoms with Gasteiger partial charge in [-0.3, -0.25) is 4.79 Å². The average molecular weight is 283 g/mol. The Labute approximate surface area is 124 Å². The van der Waals surface area contributed by atoms with Crippen molar-refractivity contribution in [1.82, 2.24) is 10.2 Å². The van der Waals surface area contributed by atoms with Crippen LogP contribution < -0.4 is 11.1 Å². The molecule has 1 aliphatic rings. The zero-order chi connectivity index (χ0) is 15.2. The highest BCUT2D eigenvalue weighted by molar-refractivity contribution is 5.75. The predicted molar refractivity (Wildman–Crippen MR) is 84.5 cm³/mol. The number of hydrogen-bond donors (Lipinski definition) is 2. The maximum atomic E-state index is 11.9. The molecule has 1 unspecified atom stereocenters. The first kappa shape index (κ1) is 17.4. The Morgan fingerprint density at radius 2 is 2.10 bits per heavy atom. The van der Waals surface area contributed by atoms with Crippen LogP contribution in [-0.2, 0) is 4.79 Å². The third-order valence-corrected chi connectivity index (χ3v) is 4.49.